The summed E-state index contributed by atoms with van der Waals surface area (Å²) in [6.07, 6.45) is 0.849. The Bertz CT molecular complexity index is 658. The summed E-state index contributed by atoms with van der Waals surface area (Å²) < 4.78 is 2.81. The fourth-order valence-corrected chi connectivity index (χ4v) is 2.13. The van der Waals surface area contributed by atoms with Gasteiger partial charge in [0.05, 0.1) is 10.9 Å². The van der Waals surface area contributed by atoms with Gasteiger partial charge in [0, 0.05) is 18.9 Å². The number of benzene rings is 1. The number of hydrogen-bond donors (Lipinski definition) is 0. The number of para-hydroxylation sites is 1. The van der Waals surface area contributed by atoms with Crippen LogP contribution >= 0.6 is 15.9 Å². The van der Waals surface area contributed by atoms with Gasteiger partial charge in [0.25, 0.3) is 5.56 Å². The van der Waals surface area contributed by atoms with E-state index in [0.29, 0.717) is 17.4 Å². The third-order valence-electron chi connectivity index (χ3n) is 2.76. The van der Waals surface area contributed by atoms with Crippen molar-refractivity contribution in [3.05, 3.63) is 45.1 Å². The highest BCUT2D eigenvalue weighted by molar-refractivity contribution is 9.09. The number of alkyl halides is 1. The summed E-state index contributed by atoms with van der Waals surface area (Å²) in [5, 5.41) is 1.42. The van der Waals surface area contributed by atoms with Crippen LogP contribution in [0, 0.1) is 0 Å². The maximum absolute atomic E-state index is 12.0. The van der Waals surface area contributed by atoms with E-state index in [1.807, 2.05) is 18.2 Å². The average Bonchev–Trinajstić information content (AvgIpc) is 2.36. The van der Waals surface area contributed by atoms with Crippen molar-refractivity contribution in [2.75, 3.05) is 5.33 Å². The van der Waals surface area contributed by atoms with Crippen LogP contribution in [0.1, 0.15) is 6.42 Å². The van der Waals surface area contributed by atoms with Crippen molar-refractivity contribution in [3.63, 3.8) is 0 Å². The fourth-order valence-electron chi connectivity index (χ4n) is 1.88. The van der Waals surface area contributed by atoms with Gasteiger partial charge in [-0.2, -0.15) is 0 Å². The number of halogens is 1. The van der Waals surface area contributed by atoms with Crippen LogP contribution in [0.3, 0.4) is 0 Å². The molecule has 2 rings (SSSR count). The average molecular weight is 297 g/mol. The van der Waals surface area contributed by atoms with Crippen LogP contribution in [0.2, 0.25) is 0 Å². The van der Waals surface area contributed by atoms with E-state index in [0.717, 1.165) is 16.3 Å². The number of fused-ring (bicyclic) bond motifs is 1. The van der Waals surface area contributed by atoms with E-state index in [1.54, 1.807) is 10.6 Å². The van der Waals surface area contributed by atoms with E-state index < -0.39 is 0 Å². The lowest BCUT2D eigenvalue weighted by atomic mass is 10.2. The molecule has 1 aromatic carbocycles. The second-order valence-electron chi connectivity index (χ2n) is 3.86. The fraction of sp³-hybridized carbons (Fsp3) is 0.333. The van der Waals surface area contributed by atoms with Crippen LogP contribution in [0.5, 0.6) is 0 Å². The van der Waals surface area contributed by atoms with Gasteiger partial charge < -0.3 is 0 Å². The zero-order chi connectivity index (χ0) is 12.4. The normalized spacial score (nSPS) is 10.9. The first-order valence-corrected chi connectivity index (χ1v) is 6.53. The quantitative estimate of drug-likeness (QED) is 0.806. The van der Waals surface area contributed by atoms with Gasteiger partial charge >= 0.3 is 5.69 Å². The molecule has 0 spiro atoms. The standard InChI is InChI=1S/C12H13BrN2O2/c1-14-11(16)9-5-2-3-6-10(9)15(12(14)17)8-4-7-13/h2-3,5-6H,4,7-8H2,1H3. The van der Waals surface area contributed by atoms with Crippen LogP contribution < -0.4 is 11.2 Å². The van der Waals surface area contributed by atoms with Gasteiger partial charge in [-0.25, -0.2) is 4.79 Å². The molecule has 0 aliphatic rings. The molecule has 1 heterocycles. The van der Waals surface area contributed by atoms with E-state index in [-0.39, 0.29) is 11.2 Å². The molecule has 0 radical (unpaired) electrons. The molecule has 90 valence electrons. The summed E-state index contributed by atoms with van der Waals surface area (Å²) in [6.45, 7) is 0.610. The Hall–Kier alpha value is -1.36. The van der Waals surface area contributed by atoms with Crippen LogP contribution in [0.15, 0.2) is 33.9 Å². The first-order chi connectivity index (χ1) is 8.16. The van der Waals surface area contributed by atoms with Crippen molar-refractivity contribution in [3.8, 4) is 0 Å². The molecule has 0 saturated carbocycles. The summed E-state index contributed by atoms with van der Waals surface area (Å²) in [7, 11) is 1.52. The van der Waals surface area contributed by atoms with E-state index in [1.165, 1.54) is 7.05 Å². The minimum absolute atomic E-state index is 0.235. The molecule has 0 aliphatic carbocycles. The largest absolute Gasteiger partial charge is 0.331 e. The number of nitrogens with zero attached hydrogens (tertiary/aromatic N) is 2. The first-order valence-electron chi connectivity index (χ1n) is 5.41. The zero-order valence-electron chi connectivity index (χ0n) is 9.52. The molecular weight excluding hydrogens is 284 g/mol. The maximum atomic E-state index is 12.0. The molecule has 0 aliphatic heterocycles. The molecule has 0 atom stereocenters. The molecule has 1 aromatic heterocycles. The summed E-state index contributed by atoms with van der Waals surface area (Å²) in [6, 6.07) is 7.21. The van der Waals surface area contributed by atoms with Gasteiger partial charge in [-0.3, -0.25) is 13.9 Å². The summed E-state index contributed by atoms with van der Waals surface area (Å²) >= 11 is 3.34. The van der Waals surface area contributed by atoms with Crippen LogP contribution in [0.4, 0.5) is 0 Å². The monoisotopic (exact) mass is 296 g/mol. The lowest BCUT2D eigenvalue weighted by Crippen LogP contribution is -2.38. The summed E-state index contributed by atoms with van der Waals surface area (Å²) in [4.78, 5) is 23.9. The number of hydrogen-bond acceptors (Lipinski definition) is 2. The highest BCUT2D eigenvalue weighted by Crippen LogP contribution is 2.07. The SMILES string of the molecule is Cn1c(=O)c2ccccc2n(CCCBr)c1=O. The molecule has 0 fully saturated rings. The molecule has 5 heteroatoms. The molecule has 0 unspecified atom stereocenters. The van der Waals surface area contributed by atoms with Gasteiger partial charge in [-0.1, -0.05) is 28.1 Å². The van der Waals surface area contributed by atoms with Crippen LogP contribution in [-0.2, 0) is 13.6 Å². The van der Waals surface area contributed by atoms with Crippen molar-refractivity contribution in [1.29, 1.82) is 0 Å². The summed E-state index contributed by atoms with van der Waals surface area (Å²) in [5.41, 5.74) is 0.219. The predicted molar refractivity (Wildman–Crippen MR) is 71.9 cm³/mol. The van der Waals surface area contributed by atoms with Gasteiger partial charge in [0.1, 0.15) is 0 Å². The van der Waals surface area contributed by atoms with Gasteiger partial charge in [0.2, 0.25) is 0 Å². The van der Waals surface area contributed by atoms with Crippen molar-refractivity contribution < 1.29 is 0 Å². The zero-order valence-corrected chi connectivity index (χ0v) is 11.1. The topological polar surface area (TPSA) is 44.0 Å². The molecule has 17 heavy (non-hydrogen) atoms. The molecule has 0 bridgehead atoms. The highest BCUT2D eigenvalue weighted by Gasteiger charge is 2.09. The molecule has 0 saturated heterocycles. The summed E-state index contributed by atoms with van der Waals surface area (Å²) in [5.74, 6) is 0. The van der Waals surface area contributed by atoms with Gasteiger partial charge in [-0.05, 0) is 18.6 Å². The molecular formula is C12H13BrN2O2. The third kappa shape index (κ3) is 2.07. The number of aryl methyl sites for hydroxylation is 1. The predicted octanol–water partition coefficient (Wildman–Crippen LogP) is 1.49. The molecule has 2 aromatic rings. The van der Waals surface area contributed by atoms with E-state index in [2.05, 4.69) is 15.9 Å². The van der Waals surface area contributed by atoms with Gasteiger partial charge in [-0.15, -0.1) is 0 Å². The molecule has 4 nitrogen and oxygen atoms in total. The Labute approximate surface area is 107 Å². The first kappa shape index (κ1) is 12.1. The molecule has 0 amide bonds. The van der Waals surface area contributed by atoms with Crippen LogP contribution in [-0.4, -0.2) is 14.5 Å². The van der Waals surface area contributed by atoms with Crippen molar-refractivity contribution in [2.45, 2.75) is 13.0 Å². The van der Waals surface area contributed by atoms with Gasteiger partial charge in [0.15, 0.2) is 0 Å². The van der Waals surface area contributed by atoms with Crippen LogP contribution in [0.25, 0.3) is 10.9 Å². The smallest absolute Gasteiger partial charge is 0.293 e. The Morgan fingerprint density at radius 1 is 1.24 bits per heavy atom. The lowest BCUT2D eigenvalue weighted by Gasteiger charge is -2.10. The Morgan fingerprint density at radius 3 is 2.65 bits per heavy atom. The Balaban J connectivity index is 2.81. The highest BCUT2D eigenvalue weighted by atomic mass is 79.9. The number of aromatic nitrogens is 2. The molecule has 0 N–H and O–H groups in total. The minimum atomic E-state index is -0.255. The van der Waals surface area contributed by atoms with Crippen molar-refractivity contribution in [2.24, 2.45) is 7.05 Å². The Morgan fingerprint density at radius 2 is 1.94 bits per heavy atom. The number of rotatable bonds is 3. The van der Waals surface area contributed by atoms with E-state index in [9.17, 15) is 9.59 Å². The van der Waals surface area contributed by atoms with E-state index in [4.69, 9.17) is 0 Å². The Kier molecular flexibility index (Phi) is 3.47. The lowest BCUT2D eigenvalue weighted by molar-refractivity contribution is 0.619. The van der Waals surface area contributed by atoms with Crippen molar-refractivity contribution in [1.82, 2.24) is 9.13 Å². The van der Waals surface area contributed by atoms with E-state index >= 15 is 0 Å². The second-order valence-corrected chi connectivity index (χ2v) is 4.65. The maximum Gasteiger partial charge on any atom is 0.331 e. The van der Waals surface area contributed by atoms with Crippen molar-refractivity contribution >= 4 is 26.8 Å². The minimum Gasteiger partial charge on any atom is -0.293 e. The third-order valence-corrected chi connectivity index (χ3v) is 3.32. The second kappa shape index (κ2) is 4.87.